The van der Waals surface area contributed by atoms with Gasteiger partial charge < -0.3 is 19.6 Å². The molecule has 2 N–H and O–H groups in total. The minimum atomic E-state index is -0.992. The summed E-state index contributed by atoms with van der Waals surface area (Å²) < 4.78 is 11.7. The number of allylic oxidation sites excluding steroid dienone is 2. The smallest absolute Gasteiger partial charge is 0.326 e. The molecule has 0 saturated heterocycles. The highest BCUT2D eigenvalue weighted by molar-refractivity contribution is 6.04. The second-order valence-electron chi connectivity index (χ2n) is 9.28. The number of carbonyl (C=O) groups excluding carboxylic acids is 1. The van der Waals surface area contributed by atoms with Crippen LogP contribution < -0.4 is 10.1 Å². The van der Waals surface area contributed by atoms with Crippen molar-refractivity contribution in [2.75, 3.05) is 6.61 Å². The molecule has 1 atom stereocenters. The first kappa shape index (κ1) is 27.4. The van der Waals surface area contributed by atoms with E-state index in [1.54, 1.807) is 31.2 Å². The Morgan fingerprint density at radius 2 is 1.67 bits per heavy atom. The minimum Gasteiger partial charge on any atom is -0.494 e. The van der Waals surface area contributed by atoms with Crippen LogP contribution in [-0.4, -0.2) is 34.5 Å². The van der Waals surface area contributed by atoms with Crippen molar-refractivity contribution in [1.82, 2.24) is 10.3 Å². The maximum atomic E-state index is 12.4. The summed E-state index contributed by atoms with van der Waals surface area (Å²) in [6, 6.07) is 25.2. The lowest BCUT2D eigenvalue weighted by molar-refractivity contribution is -0.139. The molecule has 0 bridgehead atoms. The lowest BCUT2D eigenvalue weighted by atomic mass is 10.1. The maximum Gasteiger partial charge on any atom is 0.326 e. The summed E-state index contributed by atoms with van der Waals surface area (Å²) in [5.74, 6) is 0.983. The average molecular weight is 525 g/mol. The van der Waals surface area contributed by atoms with Crippen molar-refractivity contribution in [1.29, 1.82) is 0 Å². The molecule has 0 aliphatic rings. The molecule has 7 nitrogen and oxygen atoms in total. The fourth-order valence-corrected chi connectivity index (χ4v) is 4.15. The van der Waals surface area contributed by atoms with E-state index < -0.39 is 12.0 Å². The highest BCUT2D eigenvalue weighted by atomic mass is 16.5. The number of benzene rings is 3. The van der Waals surface area contributed by atoms with Gasteiger partial charge in [-0.15, -0.1) is 0 Å². The average Bonchev–Trinajstić information content (AvgIpc) is 3.32. The van der Waals surface area contributed by atoms with Crippen LogP contribution in [0.4, 0.5) is 0 Å². The van der Waals surface area contributed by atoms with Crippen molar-refractivity contribution >= 4 is 11.8 Å². The number of aliphatic carboxylic acids is 1. The summed E-state index contributed by atoms with van der Waals surface area (Å²) >= 11 is 0. The van der Waals surface area contributed by atoms with Crippen LogP contribution >= 0.6 is 0 Å². The van der Waals surface area contributed by atoms with Crippen molar-refractivity contribution in [3.8, 4) is 17.2 Å². The molecule has 1 aromatic heterocycles. The van der Waals surface area contributed by atoms with Gasteiger partial charge in [0, 0.05) is 29.3 Å². The quantitative estimate of drug-likeness (QED) is 0.125. The van der Waals surface area contributed by atoms with Gasteiger partial charge >= 0.3 is 5.97 Å². The fourth-order valence-electron chi connectivity index (χ4n) is 4.15. The molecule has 0 amide bonds. The van der Waals surface area contributed by atoms with Gasteiger partial charge in [-0.05, 0) is 56.5 Å². The van der Waals surface area contributed by atoms with Gasteiger partial charge in [0.05, 0.1) is 12.3 Å². The van der Waals surface area contributed by atoms with Gasteiger partial charge in [-0.25, -0.2) is 9.78 Å². The van der Waals surface area contributed by atoms with E-state index in [0.717, 1.165) is 35.4 Å². The predicted octanol–water partition coefficient (Wildman–Crippen LogP) is 6.03. The standard InChI is InChI=1S/C32H32N2O5/c1-22(20-30(35)25-10-5-3-6-11-25)33-29(32(36)37)21-24-15-17-27(18-16-24)38-19-9-14-28-23(2)39-31(34-28)26-12-7-4-8-13-26/h3-8,10-13,15-18,20,29,33H,9,14,19,21H2,1-2H3,(H,36,37)/t29-/m0/s1. The predicted molar refractivity (Wildman–Crippen MR) is 150 cm³/mol. The van der Waals surface area contributed by atoms with Crippen LogP contribution in [-0.2, 0) is 17.6 Å². The van der Waals surface area contributed by atoms with Gasteiger partial charge in [0.15, 0.2) is 5.78 Å². The number of hydrogen-bond acceptors (Lipinski definition) is 6. The van der Waals surface area contributed by atoms with E-state index in [1.165, 1.54) is 6.08 Å². The van der Waals surface area contributed by atoms with E-state index >= 15 is 0 Å². The molecule has 0 spiro atoms. The molecule has 0 saturated carbocycles. The molecule has 0 radical (unpaired) electrons. The van der Waals surface area contributed by atoms with Crippen molar-refractivity contribution in [2.45, 2.75) is 39.2 Å². The monoisotopic (exact) mass is 524 g/mol. The minimum absolute atomic E-state index is 0.179. The molecular weight excluding hydrogens is 492 g/mol. The molecule has 0 fully saturated rings. The number of nitrogens with zero attached hydrogens (tertiary/aromatic N) is 1. The Kier molecular flexibility index (Phi) is 9.29. The second-order valence-corrected chi connectivity index (χ2v) is 9.28. The van der Waals surface area contributed by atoms with Crippen molar-refractivity contribution in [3.63, 3.8) is 0 Å². The summed E-state index contributed by atoms with van der Waals surface area (Å²) in [6.07, 6.45) is 3.20. The van der Waals surface area contributed by atoms with Crippen molar-refractivity contribution in [3.05, 3.63) is 119 Å². The number of carboxylic acid groups (broad SMARTS) is 1. The van der Waals surface area contributed by atoms with Crippen LogP contribution in [0.15, 0.2) is 101 Å². The van der Waals surface area contributed by atoms with E-state index in [2.05, 4.69) is 10.3 Å². The van der Waals surface area contributed by atoms with Crippen LogP contribution in [0.25, 0.3) is 11.5 Å². The number of carboxylic acids is 1. The molecule has 1 heterocycles. The van der Waals surface area contributed by atoms with Crippen molar-refractivity contribution in [2.24, 2.45) is 0 Å². The molecule has 0 aliphatic carbocycles. The zero-order valence-corrected chi connectivity index (χ0v) is 22.1. The Hall–Kier alpha value is -4.65. The number of ether oxygens (including phenoxy) is 1. The van der Waals surface area contributed by atoms with E-state index in [0.29, 0.717) is 29.5 Å². The van der Waals surface area contributed by atoms with Crippen LogP contribution in [0.1, 0.15) is 40.7 Å². The SMILES string of the molecule is CC(=CC(=O)c1ccccc1)N[C@@H](Cc1ccc(OCCCc2nc(-c3ccccc3)oc2C)cc1)C(=O)O. The van der Waals surface area contributed by atoms with E-state index in [1.807, 2.05) is 67.6 Å². The van der Waals surface area contributed by atoms with E-state index in [4.69, 9.17) is 9.15 Å². The summed E-state index contributed by atoms with van der Waals surface area (Å²) in [5, 5.41) is 12.7. The van der Waals surface area contributed by atoms with Gasteiger partial charge in [-0.3, -0.25) is 4.79 Å². The Balaban J connectivity index is 1.26. The number of aryl methyl sites for hydroxylation is 2. The maximum absolute atomic E-state index is 12.4. The number of hydrogen-bond donors (Lipinski definition) is 2. The highest BCUT2D eigenvalue weighted by Gasteiger charge is 2.18. The molecule has 3 aromatic carbocycles. The summed E-state index contributed by atoms with van der Waals surface area (Å²) in [7, 11) is 0. The fraction of sp³-hybridized carbons (Fsp3) is 0.219. The molecule has 0 unspecified atom stereocenters. The van der Waals surface area contributed by atoms with Crippen LogP contribution in [0.5, 0.6) is 5.75 Å². The zero-order valence-electron chi connectivity index (χ0n) is 22.1. The third kappa shape index (κ3) is 7.92. The molecule has 4 aromatic rings. The normalized spacial score (nSPS) is 12.1. The van der Waals surface area contributed by atoms with E-state index in [-0.39, 0.29) is 12.2 Å². The molecule has 4 rings (SSSR count). The summed E-state index contributed by atoms with van der Waals surface area (Å²) in [5.41, 5.74) is 3.77. The number of aromatic nitrogens is 1. The van der Waals surface area contributed by atoms with Gasteiger partial charge in [0.25, 0.3) is 0 Å². The molecule has 200 valence electrons. The lowest BCUT2D eigenvalue weighted by Crippen LogP contribution is -2.37. The largest absolute Gasteiger partial charge is 0.494 e. The molecule has 7 heteroatoms. The summed E-state index contributed by atoms with van der Waals surface area (Å²) in [4.78, 5) is 28.9. The Bertz CT molecular complexity index is 1410. The Morgan fingerprint density at radius 3 is 2.33 bits per heavy atom. The van der Waals surface area contributed by atoms with Gasteiger partial charge in [-0.2, -0.15) is 0 Å². The van der Waals surface area contributed by atoms with Gasteiger partial charge in [-0.1, -0.05) is 60.7 Å². The molecular formula is C32H32N2O5. The zero-order chi connectivity index (χ0) is 27.6. The van der Waals surface area contributed by atoms with Crippen molar-refractivity contribution < 1.29 is 23.8 Å². The van der Waals surface area contributed by atoms with Gasteiger partial charge in [0.2, 0.25) is 5.89 Å². The Labute approximate surface area is 228 Å². The number of ketones is 1. The topological polar surface area (TPSA) is 102 Å². The third-order valence-electron chi connectivity index (χ3n) is 6.21. The Morgan fingerprint density at radius 1 is 1.00 bits per heavy atom. The van der Waals surface area contributed by atoms with Crippen LogP contribution in [0.3, 0.4) is 0 Å². The number of rotatable bonds is 13. The first-order valence-corrected chi connectivity index (χ1v) is 12.9. The number of carbonyl (C=O) groups is 2. The van der Waals surface area contributed by atoms with Crippen LogP contribution in [0.2, 0.25) is 0 Å². The summed E-state index contributed by atoms with van der Waals surface area (Å²) in [6.45, 7) is 4.13. The first-order chi connectivity index (χ1) is 18.9. The lowest BCUT2D eigenvalue weighted by Gasteiger charge is -2.16. The van der Waals surface area contributed by atoms with Crippen LogP contribution in [0, 0.1) is 6.92 Å². The molecule has 0 aliphatic heterocycles. The van der Waals surface area contributed by atoms with Gasteiger partial charge in [0.1, 0.15) is 17.6 Å². The third-order valence-corrected chi connectivity index (χ3v) is 6.21. The molecule has 39 heavy (non-hydrogen) atoms. The first-order valence-electron chi connectivity index (χ1n) is 12.9. The number of nitrogens with one attached hydrogen (secondary N) is 1. The highest BCUT2D eigenvalue weighted by Crippen LogP contribution is 2.22. The second kappa shape index (κ2) is 13.2. The number of oxazole rings is 1. The van der Waals surface area contributed by atoms with E-state index in [9.17, 15) is 14.7 Å².